The fraction of sp³-hybridized carbons (Fsp3) is 0.500. The van der Waals surface area contributed by atoms with E-state index < -0.39 is 0 Å². The van der Waals surface area contributed by atoms with Crippen LogP contribution in [0.15, 0.2) is 18.2 Å². The maximum atomic E-state index is 11.7. The van der Waals surface area contributed by atoms with E-state index in [0.29, 0.717) is 16.6 Å². The number of nitrogens with zero attached hydrogens (tertiary/aromatic N) is 1. The summed E-state index contributed by atoms with van der Waals surface area (Å²) in [7, 11) is 0. The maximum Gasteiger partial charge on any atom is 0.226 e. The van der Waals surface area contributed by atoms with Gasteiger partial charge in [0, 0.05) is 19.5 Å². The zero-order valence-electron chi connectivity index (χ0n) is 12.8. The highest BCUT2D eigenvalue weighted by molar-refractivity contribution is 7.80. The van der Waals surface area contributed by atoms with Gasteiger partial charge in [-0.05, 0) is 43.6 Å². The smallest absolute Gasteiger partial charge is 0.226 e. The Morgan fingerprint density at radius 3 is 2.77 bits per heavy atom. The predicted molar refractivity (Wildman–Crippen MR) is 96.8 cm³/mol. The molecule has 0 bridgehead atoms. The Morgan fingerprint density at radius 1 is 1.36 bits per heavy atom. The van der Waals surface area contributed by atoms with Crippen LogP contribution < -0.4 is 15.5 Å². The molecule has 1 aliphatic rings. The molecule has 0 aliphatic carbocycles. The van der Waals surface area contributed by atoms with E-state index in [2.05, 4.69) is 22.5 Å². The van der Waals surface area contributed by atoms with Gasteiger partial charge >= 0.3 is 0 Å². The molecule has 1 aliphatic heterocycles. The third-order valence-corrected chi connectivity index (χ3v) is 4.18. The summed E-state index contributed by atoms with van der Waals surface area (Å²) in [4.78, 5) is 14.0. The van der Waals surface area contributed by atoms with Crippen molar-refractivity contribution < 1.29 is 4.79 Å². The van der Waals surface area contributed by atoms with Crippen LogP contribution in [-0.4, -0.2) is 24.1 Å². The first-order valence-corrected chi connectivity index (χ1v) is 8.54. The number of hydrogen-bond acceptors (Lipinski definition) is 3. The molecule has 2 N–H and O–H groups in total. The Kier molecular flexibility index (Phi) is 6.46. The monoisotopic (exact) mass is 339 g/mol. The number of hydrogen-bond donors (Lipinski definition) is 2. The number of unbranched alkanes of at least 4 members (excludes halogenated alkanes) is 1. The van der Waals surface area contributed by atoms with Crippen LogP contribution >= 0.6 is 23.8 Å². The summed E-state index contributed by atoms with van der Waals surface area (Å²) in [5.41, 5.74) is 1.81. The van der Waals surface area contributed by atoms with Gasteiger partial charge in [-0.3, -0.25) is 4.79 Å². The lowest BCUT2D eigenvalue weighted by atomic mass is 10.2. The van der Waals surface area contributed by atoms with E-state index in [1.807, 2.05) is 18.2 Å². The van der Waals surface area contributed by atoms with Gasteiger partial charge in [0.1, 0.15) is 0 Å². The van der Waals surface area contributed by atoms with Gasteiger partial charge in [0.25, 0.3) is 0 Å². The van der Waals surface area contributed by atoms with Gasteiger partial charge in [-0.25, -0.2) is 0 Å². The molecule has 0 saturated carbocycles. The molecule has 6 heteroatoms. The van der Waals surface area contributed by atoms with Gasteiger partial charge in [0.15, 0.2) is 5.11 Å². The second-order valence-electron chi connectivity index (χ2n) is 5.44. The van der Waals surface area contributed by atoms with E-state index in [0.717, 1.165) is 37.3 Å². The summed E-state index contributed by atoms with van der Waals surface area (Å²) < 4.78 is 0. The van der Waals surface area contributed by atoms with Crippen molar-refractivity contribution in [3.05, 3.63) is 23.2 Å². The molecule has 1 fully saturated rings. The number of nitrogens with one attached hydrogen (secondary N) is 2. The highest BCUT2D eigenvalue weighted by Gasteiger charge is 2.19. The molecule has 0 atom stereocenters. The average Bonchev–Trinajstić information content (AvgIpc) is 2.99. The Hall–Kier alpha value is -1.33. The molecule has 0 radical (unpaired) electrons. The van der Waals surface area contributed by atoms with Crippen molar-refractivity contribution in [1.82, 2.24) is 5.32 Å². The number of para-hydroxylation sites is 1. The topological polar surface area (TPSA) is 44.4 Å². The van der Waals surface area contributed by atoms with Gasteiger partial charge in [-0.15, -0.1) is 0 Å². The fourth-order valence-electron chi connectivity index (χ4n) is 2.56. The van der Waals surface area contributed by atoms with E-state index in [1.54, 1.807) is 0 Å². The van der Waals surface area contributed by atoms with Crippen LogP contribution in [0.1, 0.15) is 39.0 Å². The SMILES string of the molecule is CCCCC(=O)NC(=S)Nc1cccc(Cl)c1N1CCCC1. The molecule has 1 aromatic carbocycles. The molecular formula is C16H22ClN3OS. The zero-order valence-corrected chi connectivity index (χ0v) is 14.4. The molecule has 1 heterocycles. The average molecular weight is 340 g/mol. The third-order valence-electron chi connectivity index (χ3n) is 3.67. The van der Waals surface area contributed by atoms with Crippen molar-refractivity contribution >= 4 is 46.2 Å². The van der Waals surface area contributed by atoms with Crippen LogP contribution in [-0.2, 0) is 4.79 Å². The van der Waals surface area contributed by atoms with Crippen LogP contribution in [0.4, 0.5) is 11.4 Å². The molecule has 0 spiro atoms. The van der Waals surface area contributed by atoms with Crippen molar-refractivity contribution in [1.29, 1.82) is 0 Å². The largest absolute Gasteiger partial charge is 0.369 e. The minimum atomic E-state index is -0.0518. The number of anilines is 2. The van der Waals surface area contributed by atoms with Crippen LogP contribution in [0.5, 0.6) is 0 Å². The van der Waals surface area contributed by atoms with Crippen molar-refractivity contribution in [3.8, 4) is 0 Å². The van der Waals surface area contributed by atoms with Crippen molar-refractivity contribution in [2.75, 3.05) is 23.3 Å². The Bertz CT molecular complexity index is 544. The normalized spacial score (nSPS) is 14.0. The van der Waals surface area contributed by atoms with Gasteiger partial charge in [-0.1, -0.05) is 31.0 Å². The summed E-state index contributed by atoms with van der Waals surface area (Å²) in [5.74, 6) is -0.0518. The van der Waals surface area contributed by atoms with E-state index in [9.17, 15) is 4.79 Å². The van der Waals surface area contributed by atoms with Gasteiger partial charge in [0.2, 0.25) is 5.91 Å². The number of benzene rings is 1. The standard InChI is InChI=1S/C16H22ClN3OS/c1-2-3-9-14(21)19-16(22)18-13-8-6-7-12(17)15(13)20-10-4-5-11-20/h6-8H,2-5,9-11H2,1H3,(H2,18,19,21,22). The molecule has 0 aromatic heterocycles. The minimum absolute atomic E-state index is 0.0518. The van der Waals surface area contributed by atoms with Gasteiger partial charge < -0.3 is 15.5 Å². The number of amides is 1. The summed E-state index contributed by atoms with van der Waals surface area (Å²) >= 11 is 11.6. The van der Waals surface area contributed by atoms with Crippen LogP contribution in [0.25, 0.3) is 0 Å². The van der Waals surface area contributed by atoms with E-state index >= 15 is 0 Å². The summed E-state index contributed by atoms with van der Waals surface area (Å²) in [5, 5.41) is 6.85. The first-order chi connectivity index (χ1) is 10.6. The highest BCUT2D eigenvalue weighted by atomic mass is 35.5. The van der Waals surface area contributed by atoms with Gasteiger partial charge in [-0.2, -0.15) is 0 Å². The van der Waals surface area contributed by atoms with Gasteiger partial charge in [0.05, 0.1) is 16.4 Å². The number of halogens is 1. The van der Waals surface area contributed by atoms with Crippen molar-refractivity contribution in [2.45, 2.75) is 39.0 Å². The fourth-order valence-corrected chi connectivity index (χ4v) is 3.08. The Labute approximate surface area is 142 Å². The van der Waals surface area contributed by atoms with E-state index in [-0.39, 0.29) is 5.91 Å². The summed E-state index contributed by atoms with van der Waals surface area (Å²) in [6.45, 7) is 4.04. The molecule has 4 nitrogen and oxygen atoms in total. The maximum absolute atomic E-state index is 11.7. The van der Waals surface area contributed by atoms with Crippen LogP contribution in [0.2, 0.25) is 5.02 Å². The zero-order chi connectivity index (χ0) is 15.9. The molecular weight excluding hydrogens is 318 g/mol. The highest BCUT2D eigenvalue weighted by Crippen LogP contribution is 2.35. The molecule has 1 amide bonds. The lowest BCUT2D eigenvalue weighted by Crippen LogP contribution is -2.34. The van der Waals surface area contributed by atoms with Crippen molar-refractivity contribution in [2.24, 2.45) is 0 Å². The molecule has 0 unspecified atom stereocenters. The number of carbonyl (C=O) groups is 1. The predicted octanol–water partition coefficient (Wildman–Crippen LogP) is 3.94. The van der Waals surface area contributed by atoms with Crippen molar-refractivity contribution in [3.63, 3.8) is 0 Å². The van der Waals surface area contributed by atoms with E-state index in [4.69, 9.17) is 23.8 Å². The molecule has 2 rings (SSSR count). The second-order valence-corrected chi connectivity index (χ2v) is 6.25. The summed E-state index contributed by atoms with van der Waals surface area (Å²) in [6, 6.07) is 5.69. The lowest BCUT2D eigenvalue weighted by Gasteiger charge is -2.23. The Morgan fingerprint density at radius 2 is 2.09 bits per heavy atom. The molecule has 1 saturated heterocycles. The lowest BCUT2D eigenvalue weighted by molar-refractivity contribution is -0.119. The molecule has 22 heavy (non-hydrogen) atoms. The quantitative estimate of drug-likeness (QED) is 0.797. The first-order valence-electron chi connectivity index (χ1n) is 7.76. The molecule has 120 valence electrons. The van der Waals surface area contributed by atoms with Crippen LogP contribution in [0.3, 0.4) is 0 Å². The number of rotatable bonds is 5. The third kappa shape index (κ3) is 4.58. The minimum Gasteiger partial charge on any atom is -0.369 e. The number of carbonyl (C=O) groups excluding carboxylic acids is 1. The molecule has 1 aromatic rings. The number of thiocarbonyl (C=S) groups is 1. The Balaban J connectivity index is 2.04. The summed E-state index contributed by atoms with van der Waals surface area (Å²) in [6.07, 6.45) is 4.68. The van der Waals surface area contributed by atoms with Crippen LogP contribution in [0, 0.1) is 0 Å². The van der Waals surface area contributed by atoms with E-state index in [1.165, 1.54) is 12.8 Å². The second kappa shape index (κ2) is 8.34. The first kappa shape index (κ1) is 17.0.